The molecule has 0 unspecified atom stereocenters. The minimum Gasteiger partial charge on any atom is -0.394 e. The molecule has 3 N–H and O–H groups in total. The lowest BCUT2D eigenvalue weighted by molar-refractivity contribution is -0.0807. The zero-order chi connectivity index (χ0) is 12.6. The first-order valence-electron chi connectivity index (χ1n) is 5.18. The Labute approximate surface area is 96.9 Å². The van der Waals surface area contributed by atoms with Gasteiger partial charge in [0.15, 0.2) is 6.23 Å². The summed E-state index contributed by atoms with van der Waals surface area (Å²) in [6.45, 7) is 0.898. The minimum atomic E-state index is -1.62. The molecule has 17 heavy (non-hydrogen) atoms. The van der Waals surface area contributed by atoms with Crippen molar-refractivity contribution < 1.29 is 20.1 Å². The van der Waals surface area contributed by atoms with E-state index < -0.39 is 36.3 Å². The van der Waals surface area contributed by atoms with Crippen molar-refractivity contribution in [3.63, 3.8) is 0 Å². The van der Waals surface area contributed by atoms with Gasteiger partial charge in [-0.3, -0.25) is 4.57 Å². The molecule has 0 amide bonds. The first-order valence-corrected chi connectivity index (χ1v) is 5.18. The fraction of sp³-hybridized carbons (Fsp3) is 0.600. The quantitative estimate of drug-likeness (QED) is 0.567. The first-order chi connectivity index (χ1) is 7.98. The van der Waals surface area contributed by atoms with Crippen LogP contribution in [-0.4, -0.2) is 49.3 Å². The lowest BCUT2D eigenvalue weighted by atomic mass is 9.95. The van der Waals surface area contributed by atoms with Crippen LogP contribution in [0.3, 0.4) is 0 Å². The van der Waals surface area contributed by atoms with Crippen molar-refractivity contribution >= 4 is 0 Å². The van der Waals surface area contributed by atoms with Gasteiger partial charge in [-0.05, 0) is 13.0 Å². The Morgan fingerprint density at radius 2 is 2.35 bits per heavy atom. The smallest absolute Gasteiger partial charge is 0.349 e. The van der Waals surface area contributed by atoms with Crippen LogP contribution in [0.5, 0.6) is 0 Å². The molecule has 2 rings (SSSR count). The van der Waals surface area contributed by atoms with Crippen molar-refractivity contribution in [3.05, 3.63) is 28.9 Å². The van der Waals surface area contributed by atoms with Crippen LogP contribution >= 0.6 is 0 Å². The van der Waals surface area contributed by atoms with Gasteiger partial charge in [0.1, 0.15) is 17.8 Å². The molecule has 0 aliphatic carbocycles. The standard InChI is InChI=1S/C10H14N2O5/c1-10(16)6(5-13)17-8(7(10)14)12-4-2-3-11-9(12)15/h2-4,6-8,13-14,16H,5H2,1H3/t6-,7+,8-,10-/m1/s1. The maximum absolute atomic E-state index is 11.5. The molecule has 2 heterocycles. The normalized spacial score (nSPS) is 37.3. The average molecular weight is 242 g/mol. The third-order valence-corrected chi connectivity index (χ3v) is 3.00. The van der Waals surface area contributed by atoms with E-state index in [2.05, 4.69) is 4.98 Å². The number of hydrogen-bond acceptors (Lipinski definition) is 6. The summed E-state index contributed by atoms with van der Waals surface area (Å²) in [6.07, 6.45) is -0.597. The molecule has 0 radical (unpaired) electrons. The van der Waals surface area contributed by atoms with E-state index in [0.717, 1.165) is 4.57 Å². The molecule has 0 aromatic carbocycles. The van der Waals surface area contributed by atoms with Crippen LogP contribution in [0, 0.1) is 0 Å². The highest BCUT2D eigenvalue weighted by Crippen LogP contribution is 2.35. The lowest BCUT2D eigenvalue weighted by Gasteiger charge is -2.25. The predicted octanol–water partition coefficient (Wildman–Crippen LogP) is -1.76. The molecule has 7 heteroatoms. The molecule has 1 aliphatic rings. The summed E-state index contributed by atoms with van der Waals surface area (Å²) in [5.41, 5.74) is -2.21. The van der Waals surface area contributed by atoms with Crippen molar-refractivity contribution in [1.82, 2.24) is 9.55 Å². The third-order valence-electron chi connectivity index (χ3n) is 3.00. The number of rotatable bonds is 2. The molecule has 1 aliphatic heterocycles. The summed E-state index contributed by atoms with van der Waals surface area (Å²) in [7, 11) is 0. The number of aliphatic hydroxyl groups is 3. The lowest BCUT2D eigenvalue weighted by Crippen LogP contribution is -2.46. The molecule has 4 atom stereocenters. The Balaban J connectivity index is 2.37. The van der Waals surface area contributed by atoms with Gasteiger partial charge >= 0.3 is 5.69 Å². The molecule has 1 aromatic rings. The van der Waals surface area contributed by atoms with Crippen LogP contribution in [0.15, 0.2) is 23.3 Å². The molecule has 7 nitrogen and oxygen atoms in total. The predicted molar refractivity (Wildman–Crippen MR) is 56.1 cm³/mol. The maximum Gasteiger partial charge on any atom is 0.349 e. The van der Waals surface area contributed by atoms with Gasteiger partial charge in [-0.15, -0.1) is 0 Å². The summed E-state index contributed by atoms with van der Waals surface area (Å²) in [4.78, 5) is 15.0. The van der Waals surface area contributed by atoms with Gasteiger partial charge in [0.05, 0.1) is 6.61 Å². The van der Waals surface area contributed by atoms with E-state index in [-0.39, 0.29) is 0 Å². The van der Waals surface area contributed by atoms with Crippen LogP contribution in [0.2, 0.25) is 0 Å². The van der Waals surface area contributed by atoms with Gasteiger partial charge < -0.3 is 20.1 Å². The number of aromatic nitrogens is 2. The molecule has 94 valence electrons. The van der Waals surface area contributed by atoms with Gasteiger partial charge in [-0.1, -0.05) is 0 Å². The van der Waals surface area contributed by atoms with Crippen LogP contribution in [-0.2, 0) is 4.74 Å². The fourth-order valence-corrected chi connectivity index (χ4v) is 1.87. The van der Waals surface area contributed by atoms with E-state index in [1.54, 1.807) is 0 Å². The molecule has 0 saturated carbocycles. The minimum absolute atomic E-state index is 0.449. The average Bonchev–Trinajstić information content (AvgIpc) is 2.52. The number of hydrogen-bond donors (Lipinski definition) is 3. The summed E-state index contributed by atoms with van der Waals surface area (Å²) in [5.74, 6) is 0. The molecular formula is C10H14N2O5. The maximum atomic E-state index is 11.5. The summed E-state index contributed by atoms with van der Waals surface area (Å²) in [5, 5.41) is 29.0. The summed E-state index contributed by atoms with van der Waals surface area (Å²) in [6, 6.07) is 1.51. The van der Waals surface area contributed by atoms with Crippen molar-refractivity contribution in [2.75, 3.05) is 6.61 Å². The molecule has 1 fully saturated rings. The highest BCUT2D eigenvalue weighted by Gasteiger charge is 2.52. The number of aliphatic hydroxyl groups excluding tert-OH is 2. The second-order valence-electron chi connectivity index (χ2n) is 4.18. The zero-order valence-corrected chi connectivity index (χ0v) is 9.22. The number of nitrogens with zero attached hydrogens (tertiary/aromatic N) is 2. The Morgan fingerprint density at radius 1 is 1.65 bits per heavy atom. The van der Waals surface area contributed by atoms with Crippen LogP contribution in [0.4, 0.5) is 0 Å². The highest BCUT2D eigenvalue weighted by molar-refractivity contribution is 5.00. The second-order valence-corrected chi connectivity index (χ2v) is 4.18. The SMILES string of the molecule is C[C@@]1(O)[C@@H](CO)O[C@@H](n2cccnc2=O)[C@@H]1O. The van der Waals surface area contributed by atoms with E-state index in [9.17, 15) is 15.0 Å². The molecule has 1 saturated heterocycles. The second kappa shape index (κ2) is 4.19. The van der Waals surface area contributed by atoms with Gasteiger partial charge in [0, 0.05) is 12.4 Å². The summed E-state index contributed by atoms with van der Waals surface area (Å²) < 4.78 is 6.36. The Kier molecular flexibility index (Phi) is 3.00. The molecular weight excluding hydrogens is 228 g/mol. The van der Waals surface area contributed by atoms with Gasteiger partial charge in [0.25, 0.3) is 0 Å². The molecule has 0 bridgehead atoms. The van der Waals surface area contributed by atoms with Gasteiger partial charge in [-0.25, -0.2) is 9.78 Å². The van der Waals surface area contributed by atoms with Crippen molar-refractivity contribution in [3.8, 4) is 0 Å². The zero-order valence-electron chi connectivity index (χ0n) is 9.22. The Hall–Kier alpha value is -1.28. The van der Waals surface area contributed by atoms with Crippen LogP contribution in [0.1, 0.15) is 13.2 Å². The van der Waals surface area contributed by atoms with Crippen molar-refractivity contribution in [1.29, 1.82) is 0 Å². The van der Waals surface area contributed by atoms with Crippen molar-refractivity contribution in [2.24, 2.45) is 0 Å². The Bertz CT molecular complexity index is 458. The highest BCUT2D eigenvalue weighted by atomic mass is 16.6. The fourth-order valence-electron chi connectivity index (χ4n) is 1.87. The van der Waals surface area contributed by atoms with Crippen LogP contribution in [0.25, 0.3) is 0 Å². The topological polar surface area (TPSA) is 105 Å². The van der Waals surface area contributed by atoms with E-state index in [1.165, 1.54) is 25.4 Å². The molecule has 1 aromatic heterocycles. The van der Waals surface area contributed by atoms with Gasteiger partial charge in [-0.2, -0.15) is 0 Å². The first kappa shape index (κ1) is 12.2. The van der Waals surface area contributed by atoms with E-state index >= 15 is 0 Å². The van der Waals surface area contributed by atoms with E-state index in [1.807, 2.05) is 0 Å². The summed E-state index contributed by atoms with van der Waals surface area (Å²) >= 11 is 0. The van der Waals surface area contributed by atoms with Gasteiger partial charge in [0.2, 0.25) is 0 Å². The van der Waals surface area contributed by atoms with Crippen molar-refractivity contribution in [2.45, 2.75) is 31.0 Å². The molecule has 0 spiro atoms. The third kappa shape index (κ3) is 1.87. The van der Waals surface area contributed by atoms with Crippen LogP contribution < -0.4 is 5.69 Å². The Morgan fingerprint density at radius 3 is 2.88 bits per heavy atom. The van der Waals surface area contributed by atoms with E-state index in [0.29, 0.717) is 0 Å². The monoisotopic (exact) mass is 242 g/mol. The van der Waals surface area contributed by atoms with E-state index in [4.69, 9.17) is 9.84 Å². The largest absolute Gasteiger partial charge is 0.394 e. The number of ether oxygens (including phenoxy) is 1.